The summed E-state index contributed by atoms with van der Waals surface area (Å²) < 4.78 is 12.4. The third kappa shape index (κ3) is 3.57. The first-order valence-corrected chi connectivity index (χ1v) is 9.79. The van der Waals surface area contributed by atoms with E-state index in [1.165, 1.54) is 0 Å². The summed E-state index contributed by atoms with van der Waals surface area (Å²) in [6, 6.07) is 5.53. The lowest BCUT2D eigenvalue weighted by molar-refractivity contribution is 0.00578. The maximum absolute atomic E-state index is 6.21. The zero-order chi connectivity index (χ0) is 19.3. The van der Waals surface area contributed by atoms with Crippen molar-refractivity contribution in [3.63, 3.8) is 0 Å². The van der Waals surface area contributed by atoms with Gasteiger partial charge in [-0.1, -0.05) is 0 Å². The van der Waals surface area contributed by atoms with E-state index in [-0.39, 0.29) is 24.4 Å². The molecule has 3 atom stereocenters. The quantitative estimate of drug-likeness (QED) is 0.776. The van der Waals surface area contributed by atoms with Gasteiger partial charge in [0.1, 0.15) is 0 Å². The molecule has 0 aliphatic carbocycles. The fourth-order valence-corrected chi connectivity index (χ4v) is 3.77. The fourth-order valence-electron chi connectivity index (χ4n) is 3.77. The number of hydrogen-bond acceptors (Lipinski definition) is 5. The van der Waals surface area contributed by atoms with Crippen LogP contribution in [0.1, 0.15) is 60.2 Å². The van der Waals surface area contributed by atoms with Crippen molar-refractivity contribution in [3.8, 4) is 0 Å². The molecule has 2 aliphatic rings. The maximum atomic E-state index is 6.21. The smallest absolute Gasteiger partial charge is 0.399 e. The molecule has 0 N–H and O–H groups in total. The second-order valence-corrected chi connectivity index (χ2v) is 9.10. The van der Waals surface area contributed by atoms with Crippen molar-refractivity contribution < 1.29 is 9.31 Å². The van der Waals surface area contributed by atoms with Crippen LogP contribution in [-0.4, -0.2) is 65.3 Å². The highest BCUT2D eigenvalue weighted by atomic mass is 16.7. The van der Waals surface area contributed by atoms with E-state index in [0.29, 0.717) is 12.1 Å². The SMILES string of the molecule is C[C@@H]1CN([C@@H](C)c2cc(B3OC(C)(C)C(C)(C)O3)ccn2)C[C@H](C)N1C. The Balaban J connectivity index is 1.78. The first kappa shape index (κ1) is 19.8. The van der Waals surface area contributed by atoms with Crippen LogP contribution < -0.4 is 5.46 Å². The van der Waals surface area contributed by atoms with E-state index in [9.17, 15) is 0 Å². The van der Waals surface area contributed by atoms with Crippen LogP contribution >= 0.6 is 0 Å². The van der Waals surface area contributed by atoms with Crippen LogP contribution in [0.3, 0.4) is 0 Å². The molecule has 2 aliphatic heterocycles. The zero-order valence-corrected chi connectivity index (χ0v) is 17.6. The van der Waals surface area contributed by atoms with Crippen LogP contribution in [0.2, 0.25) is 0 Å². The summed E-state index contributed by atoms with van der Waals surface area (Å²) in [5, 5.41) is 0. The summed E-state index contributed by atoms with van der Waals surface area (Å²) >= 11 is 0. The van der Waals surface area contributed by atoms with Crippen LogP contribution in [-0.2, 0) is 9.31 Å². The minimum absolute atomic E-state index is 0.274. The van der Waals surface area contributed by atoms with Crippen LogP contribution in [0.5, 0.6) is 0 Å². The number of aromatic nitrogens is 1. The molecule has 3 heterocycles. The second-order valence-electron chi connectivity index (χ2n) is 9.10. The van der Waals surface area contributed by atoms with Crippen molar-refractivity contribution in [2.24, 2.45) is 0 Å². The number of pyridine rings is 1. The molecule has 0 amide bonds. The third-order valence-corrected chi connectivity index (χ3v) is 6.69. The van der Waals surface area contributed by atoms with Gasteiger partial charge in [0.15, 0.2) is 0 Å². The predicted octanol–water partition coefficient (Wildman–Crippen LogP) is 2.47. The number of likely N-dealkylation sites (N-methyl/N-ethyl adjacent to an activating group) is 1. The van der Waals surface area contributed by atoms with Crippen LogP contribution in [0.4, 0.5) is 0 Å². The van der Waals surface area contributed by atoms with E-state index in [1.54, 1.807) is 0 Å². The van der Waals surface area contributed by atoms with E-state index in [1.807, 2.05) is 12.3 Å². The van der Waals surface area contributed by atoms with E-state index in [2.05, 4.69) is 76.4 Å². The Morgan fingerprint density at radius 3 is 2.19 bits per heavy atom. The first-order chi connectivity index (χ1) is 12.0. The Labute approximate surface area is 159 Å². The molecule has 0 saturated carbocycles. The topological polar surface area (TPSA) is 37.8 Å². The predicted molar refractivity (Wildman–Crippen MR) is 107 cm³/mol. The summed E-state index contributed by atoms with van der Waals surface area (Å²) in [6.07, 6.45) is 1.88. The van der Waals surface area contributed by atoms with Crippen molar-refractivity contribution in [1.82, 2.24) is 14.8 Å². The number of rotatable bonds is 3. The molecule has 5 nitrogen and oxygen atoms in total. The zero-order valence-electron chi connectivity index (χ0n) is 17.6. The Bertz CT molecular complexity index is 624. The van der Waals surface area contributed by atoms with Crippen molar-refractivity contribution in [2.45, 2.75) is 77.8 Å². The van der Waals surface area contributed by atoms with Gasteiger partial charge in [-0.05, 0) is 73.1 Å². The molecule has 144 valence electrons. The maximum Gasteiger partial charge on any atom is 0.494 e. The molecule has 3 rings (SSSR count). The highest BCUT2D eigenvalue weighted by molar-refractivity contribution is 6.62. The lowest BCUT2D eigenvalue weighted by Crippen LogP contribution is -2.55. The highest BCUT2D eigenvalue weighted by Crippen LogP contribution is 2.36. The molecule has 0 unspecified atom stereocenters. The van der Waals surface area contributed by atoms with Gasteiger partial charge in [0, 0.05) is 37.4 Å². The molecule has 0 bridgehead atoms. The highest BCUT2D eigenvalue weighted by Gasteiger charge is 2.51. The first-order valence-electron chi connectivity index (χ1n) is 9.79. The van der Waals surface area contributed by atoms with E-state index >= 15 is 0 Å². The van der Waals surface area contributed by atoms with Gasteiger partial charge in [-0.25, -0.2) is 0 Å². The molecular formula is C20H34BN3O2. The lowest BCUT2D eigenvalue weighted by Gasteiger charge is -2.44. The molecule has 2 saturated heterocycles. The normalized spacial score (nSPS) is 30.5. The molecule has 2 fully saturated rings. The Morgan fingerprint density at radius 2 is 1.65 bits per heavy atom. The number of hydrogen-bond donors (Lipinski definition) is 0. The Kier molecular flexibility index (Phi) is 5.25. The standard InChI is InChI=1S/C20H34BN3O2/c1-14-12-24(13-15(2)23(14)8)16(3)18-11-17(9-10-22-18)21-25-19(4,5)20(6,7)26-21/h9-11,14-16H,12-13H2,1-8H3/t14-,15+,16-/m0/s1. The molecule has 0 spiro atoms. The third-order valence-electron chi connectivity index (χ3n) is 6.69. The average molecular weight is 359 g/mol. The van der Waals surface area contributed by atoms with Gasteiger partial charge in [-0.2, -0.15) is 0 Å². The largest absolute Gasteiger partial charge is 0.494 e. The molecule has 0 aromatic carbocycles. The molecule has 26 heavy (non-hydrogen) atoms. The summed E-state index contributed by atoms with van der Waals surface area (Å²) in [4.78, 5) is 9.65. The van der Waals surface area contributed by atoms with Crippen molar-refractivity contribution in [3.05, 3.63) is 24.0 Å². The molecule has 0 radical (unpaired) electrons. The fraction of sp³-hybridized carbons (Fsp3) is 0.750. The molecule has 1 aromatic heterocycles. The molecule has 1 aromatic rings. The van der Waals surface area contributed by atoms with Gasteiger partial charge in [0.05, 0.1) is 16.9 Å². The van der Waals surface area contributed by atoms with Gasteiger partial charge in [0.2, 0.25) is 0 Å². The van der Waals surface area contributed by atoms with Crippen molar-refractivity contribution in [2.75, 3.05) is 20.1 Å². The van der Waals surface area contributed by atoms with Crippen LogP contribution in [0.25, 0.3) is 0 Å². The number of nitrogens with zero attached hydrogens (tertiary/aromatic N) is 3. The minimum atomic E-state index is -0.334. The van der Waals surface area contributed by atoms with Crippen LogP contribution in [0.15, 0.2) is 18.3 Å². The van der Waals surface area contributed by atoms with Crippen molar-refractivity contribution in [1.29, 1.82) is 0 Å². The molecule has 6 heteroatoms. The average Bonchev–Trinajstić information content (AvgIpc) is 2.79. The van der Waals surface area contributed by atoms with Gasteiger partial charge in [-0.15, -0.1) is 0 Å². The summed E-state index contributed by atoms with van der Waals surface area (Å²) in [5.74, 6) is 0. The summed E-state index contributed by atoms with van der Waals surface area (Å²) in [5.41, 5.74) is 1.49. The minimum Gasteiger partial charge on any atom is -0.399 e. The van der Waals surface area contributed by atoms with Gasteiger partial charge in [-0.3, -0.25) is 14.8 Å². The van der Waals surface area contributed by atoms with Gasteiger partial charge in [0.25, 0.3) is 0 Å². The van der Waals surface area contributed by atoms with Crippen molar-refractivity contribution >= 4 is 12.6 Å². The van der Waals surface area contributed by atoms with Crippen LogP contribution in [0, 0.1) is 0 Å². The van der Waals surface area contributed by atoms with Gasteiger partial charge >= 0.3 is 7.12 Å². The number of piperazine rings is 1. The van der Waals surface area contributed by atoms with E-state index < -0.39 is 0 Å². The monoisotopic (exact) mass is 359 g/mol. The Hall–Kier alpha value is -0.945. The van der Waals surface area contributed by atoms with E-state index in [4.69, 9.17) is 9.31 Å². The lowest BCUT2D eigenvalue weighted by atomic mass is 9.79. The second kappa shape index (κ2) is 6.90. The molecular weight excluding hydrogens is 325 g/mol. The Morgan fingerprint density at radius 1 is 1.12 bits per heavy atom. The summed E-state index contributed by atoms with van der Waals surface area (Å²) in [7, 11) is 1.88. The summed E-state index contributed by atoms with van der Waals surface area (Å²) in [6.45, 7) is 17.3. The van der Waals surface area contributed by atoms with Gasteiger partial charge < -0.3 is 9.31 Å². The van der Waals surface area contributed by atoms with E-state index in [0.717, 1.165) is 24.2 Å².